The SMILES string of the molecule is CN(C)c1ccc(-n2c(=O)[nH][nH]c2=S)cc1. The van der Waals surface area contributed by atoms with Gasteiger partial charge in [-0.15, -0.1) is 0 Å². The number of H-pyrrole nitrogens is 2. The number of aromatic nitrogens is 3. The molecule has 0 aliphatic heterocycles. The molecule has 0 spiro atoms. The van der Waals surface area contributed by atoms with Gasteiger partial charge in [-0.25, -0.2) is 14.5 Å². The van der Waals surface area contributed by atoms with Gasteiger partial charge in [-0.2, -0.15) is 0 Å². The molecule has 16 heavy (non-hydrogen) atoms. The predicted octanol–water partition coefficient (Wildman–Crippen LogP) is 1.29. The van der Waals surface area contributed by atoms with Crippen LogP contribution in [-0.2, 0) is 0 Å². The van der Waals surface area contributed by atoms with Gasteiger partial charge in [0.05, 0.1) is 5.69 Å². The topological polar surface area (TPSA) is 56.8 Å². The minimum atomic E-state index is -0.261. The second-order valence-corrected chi connectivity index (χ2v) is 3.99. The quantitative estimate of drug-likeness (QED) is 0.772. The third-order valence-electron chi connectivity index (χ3n) is 2.31. The number of nitrogens with one attached hydrogen (secondary N) is 2. The molecule has 2 N–H and O–H groups in total. The molecule has 1 heterocycles. The first kappa shape index (κ1) is 10.7. The minimum absolute atomic E-state index is 0.261. The van der Waals surface area contributed by atoms with Crippen LogP contribution in [0.2, 0.25) is 0 Å². The Morgan fingerprint density at radius 2 is 1.81 bits per heavy atom. The van der Waals surface area contributed by atoms with Crippen LogP contribution < -0.4 is 10.6 Å². The van der Waals surface area contributed by atoms with Gasteiger partial charge in [0.1, 0.15) is 0 Å². The molecular formula is C10H12N4OS. The Morgan fingerprint density at radius 1 is 1.19 bits per heavy atom. The Morgan fingerprint density at radius 3 is 2.25 bits per heavy atom. The van der Waals surface area contributed by atoms with E-state index < -0.39 is 0 Å². The number of benzene rings is 1. The van der Waals surface area contributed by atoms with Gasteiger partial charge < -0.3 is 4.90 Å². The maximum absolute atomic E-state index is 11.5. The molecule has 6 heteroatoms. The Labute approximate surface area is 97.3 Å². The minimum Gasteiger partial charge on any atom is -0.378 e. The van der Waals surface area contributed by atoms with Crippen LogP contribution in [0.4, 0.5) is 5.69 Å². The highest BCUT2D eigenvalue weighted by molar-refractivity contribution is 7.71. The monoisotopic (exact) mass is 236 g/mol. The molecule has 1 aromatic heterocycles. The number of hydrogen-bond donors (Lipinski definition) is 2. The first-order valence-electron chi connectivity index (χ1n) is 4.77. The lowest BCUT2D eigenvalue weighted by atomic mass is 10.2. The molecule has 0 radical (unpaired) electrons. The average molecular weight is 236 g/mol. The second-order valence-electron chi connectivity index (χ2n) is 3.61. The molecule has 84 valence electrons. The molecule has 0 saturated carbocycles. The van der Waals surface area contributed by atoms with Gasteiger partial charge in [0.25, 0.3) is 0 Å². The van der Waals surface area contributed by atoms with Crippen LogP contribution >= 0.6 is 12.2 Å². The van der Waals surface area contributed by atoms with Gasteiger partial charge in [0.15, 0.2) is 0 Å². The molecule has 0 amide bonds. The van der Waals surface area contributed by atoms with Crippen LogP contribution in [0, 0.1) is 4.77 Å². The molecule has 0 aliphatic carbocycles. The van der Waals surface area contributed by atoms with Crippen molar-refractivity contribution in [1.29, 1.82) is 0 Å². The van der Waals surface area contributed by atoms with Crippen molar-refractivity contribution >= 4 is 17.9 Å². The highest BCUT2D eigenvalue weighted by Crippen LogP contribution is 2.14. The summed E-state index contributed by atoms with van der Waals surface area (Å²) in [7, 11) is 3.92. The first-order valence-corrected chi connectivity index (χ1v) is 5.18. The zero-order valence-electron chi connectivity index (χ0n) is 9.02. The molecule has 0 atom stereocenters. The highest BCUT2D eigenvalue weighted by atomic mass is 32.1. The largest absolute Gasteiger partial charge is 0.378 e. The maximum atomic E-state index is 11.5. The normalized spacial score (nSPS) is 10.4. The Balaban J connectivity index is 2.51. The van der Waals surface area contributed by atoms with E-state index in [1.165, 1.54) is 4.57 Å². The van der Waals surface area contributed by atoms with E-state index in [0.29, 0.717) is 4.77 Å². The molecule has 1 aromatic carbocycles. The summed E-state index contributed by atoms with van der Waals surface area (Å²) in [4.78, 5) is 13.4. The summed E-state index contributed by atoms with van der Waals surface area (Å²) in [6, 6.07) is 7.58. The summed E-state index contributed by atoms with van der Waals surface area (Å²) in [5.41, 5.74) is 1.56. The van der Waals surface area contributed by atoms with Crippen molar-refractivity contribution in [3.05, 3.63) is 39.5 Å². The van der Waals surface area contributed by atoms with Gasteiger partial charge in [0.2, 0.25) is 4.77 Å². The highest BCUT2D eigenvalue weighted by Gasteiger charge is 2.03. The summed E-state index contributed by atoms with van der Waals surface area (Å²) >= 11 is 5.01. The van der Waals surface area contributed by atoms with Crippen LogP contribution in [0.5, 0.6) is 0 Å². The summed E-state index contributed by atoms with van der Waals surface area (Å²) in [6.45, 7) is 0. The van der Waals surface area contributed by atoms with E-state index in [0.717, 1.165) is 11.4 Å². The van der Waals surface area contributed by atoms with E-state index in [-0.39, 0.29) is 5.69 Å². The van der Waals surface area contributed by atoms with E-state index in [2.05, 4.69) is 10.2 Å². The molecule has 0 saturated heterocycles. The fraction of sp³-hybridized carbons (Fsp3) is 0.200. The average Bonchev–Trinajstić information content (AvgIpc) is 2.59. The van der Waals surface area contributed by atoms with Crippen LogP contribution in [0.1, 0.15) is 0 Å². The van der Waals surface area contributed by atoms with E-state index >= 15 is 0 Å². The van der Waals surface area contributed by atoms with Gasteiger partial charge in [-0.05, 0) is 36.5 Å². The predicted molar refractivity (Wildman–Crippen MR) is 65.9 cm³/mol. The summed E-state index contributed by atoms with van der Waals surface area (Å²) in [5, 5.41) is 5.04. The lowest BCUT2D eigenvalue weighted by molar-refractivity contribution is 0.974. The molecule has 5 nitrogen and oxygen atoms in total. The van der Waals surface area contributed by atoms with Crippen molar-refractivity contribution in [1.82, 2.24) is 14.8 Å². The van der Waals surface area contributed by atoms with E-state index in [4.69, 9.17) is 12.2 Å². The number of aromatic amines is 2. The fourth-order valence-corrected chi connectivity index (χ4v) is 1.68. The zero-order valence-corrected chi connectivity index (χ0v) is 9.84. The van der Waals surface area contributed by atoms with E-state index in [1.54, 1.807) is 0 Å². The zero-order chi connectivity index (χ0) is 11.7. The van der Waals surface area contributed by atoms with E-state index in [9.17, 15) is 4.79 Å². The summed E-state index contributed by atoms with van der Waals surface area (Å²) in [6.07, 6.45) is 0. The van der Waals surface area contributed by atoms with Gasteiger partial charge >= 0.3 is 5.69 Å². The van der Waals surface area contributed by atoms with Crippen molar-refractivity contribution in [2.45, 2.75) is 0 Å². The van der Waals surface area contributed by atoms with Crippen molar-refractivity contribution in [2.24, 2.45) is 0 Å². The smallest absolute Gasteiger partial charge is 0.347 e. The van der Waals surface area contributed by atoms with Crippen LogP contribution in [0.25, 0.3) is 5.69 Å². The molecule has 0 bridgehead atoms. The van der Waals surface area contributed by atoms with Crippen molar-refractivity contribution in [3.63, 3.8) is 0 Å². The van der Waals surface area contributed by atoms with Crippen molar-refractivity contribution in [2.75, 3.05) is 19.0 Å². The van der Waals surface area contributed by atoms with Gasteiger partial charge in [-0.3, -0.25) is 5.10 Å². The standard InChI is InChI=1S/C10H12N4OS/c1-13(2)7-3-5-8(6-4-7)14-9(15)11-12-10(14)16/h3-6H,1-2H3,(H,11,15)(H,12,16). The molecule has 2 aromatic rings. The third kappa shape index (κ3) is 1.79. The molecule has 2 rings (SSSR count). The third-order valence-corrected chi connectivity index (χ3v) is 2.59. The Bertz CT molecular complexity index is 563. The summed E-state index contributed by atoms with van der Waals surface area (Å²) in [5.74, 6) is 0. The number of hydrogen-bond acceptors (Lipinski definition) is 3. The number of anilines is 1. The van der Waals surface area contributed by atoms with Crippen LogP contribution in [0.15, 0.2) is 29.1 Å². The summed E-state index contributed by atoms with van der Waals surface area (Å²) < 4.78 is 1.78. The lowest BCUT2D eigenvalue weighted by Crippen LogP contribution is -2.15. The Kier molecular flexibility index (Phi) is 2.66. The van der Waals surface area contributed by atoms with Crippen LogP contribution in [0.3, 0.4) is 0 Å². The van der Waals surface area contributed by atoms with Crippen LogP contribution in [-0.4, -0.2) is 28.9 Å². The lowest BCUT2D eigenvalue weighted by Gasteiger charge is -2.12. The number of nitrogens with zero attached hydrogens (tertiary/aromatic N) is 2. The first-order chi connectivity index (χ1) is 7.59. The molecule has 0 fully saturated rings. The van der Waals surface area contributed by atoms with Gasteiger partial charge in [-0.1, -0.05) is 0 Å². The van der Waals surface area contributed by atoms with Crippen molar-refractivity contribution in [3.8, 4) is 5.69 Å². The second kappa shape index (κ2) is 3.97. The molecule has 0 aliphatic rings. The van der Waals surface area contributed by atoms with E-state index in [1.807, 2.05) is 43.3 Å². The fourth-order valence-electron chi connectivity index (χ4n) is 1.45. The molecular weight excluding hydrogens is 224 g/mol. The van der Waals surface area contributed by atoms with Gasteiger partial charge in [0, 0.05) is 19.8 Å². The molecule has 0 unspecified atom stereocenters. The number of rotatable bonds is 2. The maximum Gasteiger partial charge on any atom is 0.347 e. The van der Waals surface area contributed by atoms with Crippen molar-refractivity contribution < 1.29 is 0 Å². The Hall–Kier alpha value is -1.82.